The number of likely N-dealkylation sites (tertiary alicyclic amines) is 1. The smallest absolute Gasteiger partial charge is 0.326 e. The summed E-state index contributed by atoms with van der Waals surface area (Å²) in [4.78, 5) is 27.7. The fourth-order valence-electron chi connectivity index (χ4n) is 6.19. The zero-order valence-electron chi connectivity index (χ0n) is 24.8. The second kappa shape index (κ2) is 17.0. The number of ether oxygens (including phenoxy) is 2. The highest BCUT2D eigenvalue weighted by atomic mass is 32.2. The minimum atomic E-state index is -1.01. The van der Waals surface area contributed by atoms with Crippen molar-refractivity contribution in [1.29, 1.82) is 0 Å². The minimum Gasteiger partial charge on any atom is -0.480 e. The Morgan fingerprint density at radius 2 is 1.86 bits per heavy atom. The topological polar surface area (TPSA) is 88.1 Å². The van der Waals surface area contributed by atoms with E-state index < -0.39 is 12.0 Å². The summed E-state index contributed by atoms with van der Waals surface area (Å²) < 4.78 is 12.0. The summed E-state index contributed by atoms with van der Waals surface area (Å²) in [6.45, 7) is 5.13. The van der Waals surface area contributed by atoms with Crippen molar-refractivity contribution >= 4 is 23.6 Å². The highest BCUT2D eigenvalue weighted by Crippen LogP contribution is 2.31. The number of rotatable bonds is 14. The van der Waals surface area contributed by atoms with E-state index in [2.05, 4.69) is 16.3 Å². The van der Waals surface area contributed by atoms with Crippen LogP contribution in [-0.4, -0.2) is 78.9 Å². The molecule has 1 aliphatic heterocycles. The van der Waals surface area contributed by atoms with Crippen LogP contribution in [0.3, 0.4) is 0 Å². The standard InChI is InChI=1S/C33H46N2O5S.CH4/c1-23-9-7-8-12-28(23)30-17-25(13-14-29(30)32(36)34-31(33(37)38)15-16-41-3)19-35-20-27(18-26(35)22-39-2)40-21-24-10-5-4-6-11-24;/h7-9,12-14,17,24,26-27,31H,4-6,10-11,15-16,18-22H2,1-3H3,(H,34,36)(H,37,38);1H4/t26-,27+,31-;/m0./s1. The molecule has 2 aromatic carbocycles. The molecule has 0 spiro atoms. The molecule has 2 aliphatic rings. The Bertz CT molecular complexity index is 1150. The van der Waals surface area contributed by atoms with Crippen molar-refractivity contribution in [1.82, 2.24) is 10.2 Å². The number of benzene rings is 2. The molecule has 2 aromatic rings. The number of methoxy groups -OCH3 is 1. The third-order valence-corrected chi connectivity index (χ3v) is 9.15. The van der Waals surface area contributed by atoms with Gasteiger partial charge in [0.1, 0.15) is 6.04 Å². The molecule has 1 saturated carbocycles. The maximum Gasteiger partial charge on any atom is 0.326 e. The van der Waals surface area contributed by atoms with Crippen LogP contribution in [0.5, 0.6) is 0 Å². The van der Waals surface area contributed by atoms with Crippen molar-refractivity contribution in [2.75, 3.05) is 38.9 Å². The van der Waals surface area contributed by atoms with Crippen LogP contribution in [0.1, 0.15) is 73.9 Å². The Kier molecular flexibility index (Phi) is 13.8. The lowest BCUT2D eigenvalue weighted by atomic mass is 9.90. The van der Waals surface area contributed by atoms with E-state index >= 15 is 0 Å². The molecule has 1 heterocycles. The lowest BCUT2D eigenvalue weighted by Crippen LogP contribution is -2.41. The lowest BCUT2D eigenvalue weighted by Gasteiger charge is -2.25. The number of nitrogens with zero attached hydrogens (tertiary/aromatic N) is 1. The van der Waals surface area contributed by atoms with Crippen molar-refractivity contribution in [2.45, 2.75) is 84.0 Å². The quantitative estimate of drug-likeness (QED) is 0.259. The van der Waals surface area contributed by atoms with Crippen LogP contribution in [-0.2, 0) is 20.8 Å². The second-order valence-corrected chi connectivity index (χ2v) is 12.6. The summed E-state index contributed by atoms with van der Waals surface area (Å²) in [7, 11) is 1.75. The summed E-state index contributed by atoms with van der Waals surface area (Å²) in [5, 5.41) is 12.4. The number of aliphatic carboxylic acids is 1. The first-order valence-electron chi connectivity index (χ1n) is 15.0. The molecule has 232 valence electrons. The van der Waals surface area contributed by atoms with Crippen LogP contribution in [0.4, 0.5) is 0 Å². The van der Waals surface area contributed by atoms with E-state index in [0.717, 1.165) is 48.4 Å². The van der Waals surface area contributed by atoms with Gasteiger partial charge in [0.25, 0.3) is 5.91 Å². The number of hydrogen-bond donors (Lipinski definition) is 2. The maximum absolute atomic E-state index is 13.4. The zero-order valence-corrected chi connectivity index (χ0v) is 25.6. The fourth-order valence-corrected chi connectivity index (χ4v) is 6.66. The highest BCUT2D eigenvalue weighted by Gasteiger charge is 2.33. The molecule has 1 amide bonds. The number of nitrogens with one attached hydrogen (secondary N) is 1. The Labute approximate surface area is 256 Å². The summed E-state index contributed by atoms with van der Waals surface area (Å²) in [6.07, 6.45) is 10.0. The summed E-state index contributed by atoms with van der Waals surface area (Å²) in [5.74, 6) is -0.0293. The molecule has 3 atom stereocenters. The number of hydrogen-bond acceptors (Lipinski definition) is 6. The van der Waals surface area contributed by atoms with Crippen LogP contribution in [0, 0.1) is 12.8 Å². The zero-order chi connectivity index (χ0) is 29.2. The number of carbonyl (C=O) groups excluding carboxylic acids is 1. The van der Waals surface area contributed by atoms with Gasteiger partial charge in [0, 0.05) is 38.4 Å². The monoisotopic (exact) mass is 598 g/mol. The van der Waals surface area contributed by atoms with Crippen LogP contribution in [0.25, 0.3) is 11.1 Å². The average molecular weight is 599 g/mol. The molecule has 8 heteroatoms. The fraction of sp³-hybridized carbons (Fsp3) is 0.588. The number of thioether (sulfide) groups is 1. The predicted octanol–water partition coefficient (Wildman–Crippen LogP) is 6.42. The van der Waals surface area contributed by atoms with E-state index in [1.807, 2.05) is 49.6 Å². The minimum absolute atomic E-state index is 0. The normalized spacial score (nSPS) is 20.2. The molecule has 0 radical (unpaired) electrons. The van der Waals surface area contributed by atoms with E-state index in [-0.39, 0.29) is 25.5 Å². The highest BCUT2D eigenvalue weighted by molar-refractivity contribution is 7.98. The SMILES string of the molecule is C.COC[C@@H]1C[C@@H](OCC2CCCCC2)CN1Cc1ccc(C(=O)N[C@@H](CCSC)C(=O)O)c(-c2ccccc2C)c1. The third-order valence-electron chi connectivity index (χ3n) is 8.50. The molecule has 4 rings (SSSR count). The molecule has 2 N–H and O–H groups in total. The molecule has 2 fully saturated rings. The van der Waals surface area contributed by atoms with E-state index in [1.165, 1.54) is 32.1 Å². The first-order valence-corrected chi connectivity index (χ1v) is 16.3. The van der Waals surface area contributed by atoms with Crippen LogP contribution < -0.4 is 5.32 Å². The largest absolute Gasteiger partial charge is 0.480 e. The molecular formula is C34H50N2O5S. The molecule has 0 aromatic heterocycles. The number of aryl methyl sites for hydroxylation is 1. The number of amides is 1. The number of carboxylic acid groups (broad SMARTS) is 1. The van der Waals surface area contributed by atoms with Gasteiger partial charge in [0.05, 0.1) is 12.7 Å². The van der Waals surface area contributed by atoms with E-state index in [4.69, 9.17) is 9.47 Å². The summed E-state index contributed by atoms with van der Waals surface area (Å²) >= 11 is 1.57. The predicted molar refractivity (Wildman–Crippen MR) is 172 cm³/mol. The Morgan fingerprint density at radius 1 is 1.10 bits per heavy atom. The van der Waals surface area contributed by atoms with Gasteiger partial charge in [-0.3, -0.25) is 9.69 Å². The van der Waals surface area contributed by atoms with Crippen LogP contribution in [0.2, 0.25) is 0 Å². The van der Waals surface area contributed by atoms with Gasteiger partial charge in [-0.15, -0.1) is 0 Å². The van der Waals surface area contributed by atoms with Gasteiger partial charge < -0.3 is 19.9 Å². The molecule has 0 unspecified atom stereocenters. The first-order chi connectivity index (χ1) is 19.9. The van der Waals surface area contributed by atoms with Crippen LogP contribution in [0.15, 0.2) is 42.5 Å². The van der Waals surface area contributed by atoms with Crippen molar-refractivity contribution in [3.8, 4) is 11.1 Å². The summed E-state index contributed by atoms with van der Waals surface area (Å²) in [5.41, 5.74) is 4.44. The van der Waals surface area contributed by atoms with Crippen molar-refractivity contribution in [3.63, 3.8) is 0 Å². The molecule has 7 nitrogen and oxygen atoms in total. The third kappa shape index (κ3) is 9.30. The molecule has 1 aliphatic carbocycles. The summed E-state index contributed by atoms with van der Waals surface area (Å²) in [6, 6.07) is 13.3. The van der Waals surface area contributed by atoms with Crippen molar-refractivity contribution in [2.24, 2.45) is 5.92 Å². The molecular weight excluding hydrogens is 548 g/mol. The Balaban J connectivity index is 0.00000484. The van der Waals surface area contributed by atoms with E-state index in [9.17, 15) is 14.7 Å². The molecule has 0 bridgehead atoms. The Hall–Kier alpha value is -2.39. The Morgan fingerprint density at radius 3 is 2.55 bits per heavy atom. The van der Waals surface area contributed by atoms with Crippen molar-refractivity contribution < 1.29 is 24.2 Å². The van der Waals surface area contributed by atoms with Gasteiger partial charge in [-0.25, -0.2) is 4.79 Å². The van der Waals surface area contributed by atoms with Gasteiger partial charge >= 0.3 is 5.97 Å². The van der Waals surface area contributed by atoms with Gasteiger partial charge in [-0.05, 0) is 84.9 Å². The number of carboxylic acids is 1. The van der Waals surface area contributed by atoms with Gasteiger partial charge in [-0.1, -0.05) is 57.0 Å². The van der Waals surface area contributed by atoms with Gasteiger partial charge in [0.15, 0.2) is 0 Å². The molecule has 1 saturated heterocycles. The van der Waals surface area contributed by atoms with E-state index in [0.29, 0.717) is 30.3 Å². The first kappa shape index (κ1) is 34.1. The lowest BCUT2D eigenvalue weighted by molar-refractivity contribution is -0.139. The second-order valence-electron chi connectivity index (χ2n) is 11.6. The average Bonchev–Trinajstić information content (AvgIpc) is 3.35. The van der Waals surface area contributed by atoms with Gasteiger partial charge in [-0.2, -0.15) is 11.8 Å². The number of carbonyl (C=O) groups is 2. The van der Waals surface area contributed by atoms with Gasteiger partial charge in [0.2, 0.25) is 0 Å². The van der Waals surface area contributed by atoms with Crippen LogP contribution >= 0.6 is 11.8 Å². The molecule has 42 heavy (non-hydrogen) atoms. The van der Waals surface area contributed by atoms with Crippen molar-refractivity contribution in [3.05, 3.63) is 59.2 Å². The maximum atomic E-state index is 13.4. The van der Waals surface area contributed by atoms with E-state index in [1.54, 1.807) is 18.9 Å².